The van der Waals surface area contributed by atoms with Gasteiger partial charge >= 0.3 is 5.97 Å². The van der Waals surface area contributed by atoms with E-state index < -0.39 is 11.9 Å². The van der Waals surface area contributed by atoms with Crippen LogP contribution in [-0.2, 0) is 14.3 Å². The number of methoxy groups -OCH3 is 1. The van der Waals surface area contributed by atoms with E-state index in [0.717, 1.165) is 31.2 Å². The lowest BCUT2D eigenvalue weighted by atomic mass is 9.83. The first-order chi connectivity index (χ1) is 10.1. The summed E-state index contributed by atoms with van der Waals surface area (Å²) < 4.78 is 4.87. The fraction of sp³-hybridized carbons (Fsp3) is 0.500. The molecule has 0 bridgehead atoms. The van der Waals surface area contributed by atoms with Crippen LogP contribution in [0, 0.1) is 5.92 Å². The number of nitrogens with one attached hydrogen (secondary N) is 1. The van der Waals surface area contributed by atoms with E-state index in [9.17, 15) is 9.59 Å². The monoisotopic (exact) mass is 290 g/mol. The van der Waals surface area contributed by atoms with Gasteiger partial charge in [0.05, 0.1) is 13.0 Å². The Labute approximate surface area is 124 Å². The number of hydrogen-bond acceptors (Lipinski definition) is 4. The van der Waals surface area contributed by atoms with E-state index in [1.807, 2.05) is 30.3 Å². The van der Waals surface area contributed by atoms with Gasteiger partial charge < -0.3 is 10.5 Å². The van der Waals surface area contributed by atoms with Crippen LogP contribution >= 0.6 is 0 Å². The van der Waals surface area contributed by atoms with Gasteiger partial charge in [-0.2, -0.15) is 0 Å². The molecule has 1 aliphatic rings. The molecule has 5 heteroatoms. The Kier molecular flexibility index (Phi) is 5.33. The van der Waals surface area contributed by atoms with Gasteiger partial charge in [0.15, 0.2) is 0 Å². The summed E-state index contributed by atoms with van der Waals surface area (Å²) >= 11 is 0. The van der Waals surface area contributed by atoms with E-state index in [2.05, 4.69) is 5.32 Å². The Morgan fingerprint density at radius 3 is 2.52 bits per heavy atom. The van der Waals surface area contributed by atoms with Crippen LogP contribution in [0.4, 0.5) is 0 Å². The second-order valence-corrected chi connectivity index (χ2v) is 5.43. The summed E-state index contributed by atoms with van der Waals surface area (Å²) in [4.78, 5) is 23.6. The van der Waals surface area contributed by atoms with Gasteiger partial charge in [0.2, 0.25) is 5.91 Å². The number of benzene rings is 1. The van der Waals surface area contributed by atoms with Crippen molar-refractivity contribution in [3.63, 3.8) is 0 Å². The molecular weight excluding hydrogens is 268 g/mol. The molecule has 0 radical (unpaired) electrons. The van der Waals surface area contributed by atoms with Gasteiger partial charge in [0.25, 0.3) is 0 Å². The van der Waals surface area contributed by atoms with Gasteiger partial charge in [-0.15, -0.1) is 0 Å². The molecule has 0 aromatic heterocycles. The first-order valence-electron chi connectivity index (χ1n) is 7.31. The van der Waals surface area contributed by atoms with E-state index in [1.165, 1.54) is 7.11 Å². The molecule has 1 fully saturated rings. The van der Waals surface area contributed by atoms with Crippen LogP contribution < -0.4 is 11.1 Å². The highest BCUT2D eigenvalue weighted by molar-refractivity contribution is 5.81. The zero-order chi connectivity index (χ0) is 15.2. The Morgan fingerprint density at radius 1 is 1.24 bits per heavy atom. The topological polar surface area (TPSA) is 81.4 Å². The second-order valence-electron chi connectivity index (χ2n) is 5.43. The largest absolute Gasteiger partial charge is 0.469 e. The number of nitrogens with two attached hydrogens (primary N) is 1. The lowest BCUT2D eigenvalue weighted by molar-refractivity contribution is -0.148. The van der Waals surface area contributed by atoms with Crippen LogP contribution in [0.15, 0.2) is 30.3 Å². The van der Waals surface area contributed by atoms with Crippen molar-refractivity contribution >= 4 is 11.9 Å². The predicted molar refractivity (Wildman–Crippen MR) is 79.3 cm³/mol. The minimum atomic E-state index is -0.582. The summed E-state index contributed by atoms with van der Waals surface area (Å²) in [7, 11) is 1.40. The Hall–Kier alpha value is -1.88. The third kappa shape index (κ3) is 3.82. The lowest BCUT2D eigenvalue weighted by Gasteiger charge is -2.32. The van der Waals surface area contributed by atoms with Crippen molar-refractivity contribution in [1.82, 2.24) is 5.32 Å². The van der Waals surface area contributed by atoms with Crippen LogP contribution in [-0.4, -0.2) is 25.0 Å². The van der Waals surface area contributed by atoms with E-state index >= 15 is 0 Å². The third-order valence-corrected chi connectivity index (χ3v) is 4.07. The maximum Gasteiger partial charge on any atom is 0.310 e. The Bertz CT molecular complexity index is 490. The molecular formula is C16H22N2O3. The summed E-state index contributed by atoms with van der Waals surface area (Å²) in [6, 6.07) is 8.68. The first-order valence-corrected chi connectivity index (χ1v) is 7.31. The highest BCUT2D eigenvalue weighted by Gasteiger charge is 2.34. The summed E-state index contributed by atoms with van der Waals surface area (Å²) in [6.45, 7) is 0. The summed E-state index contributed by atoms with van der Waals surface area (Å²) in [5, 5.41) is 3.26. The summed E-state index contributed by atoms with van der Waals surface area (Å²) in [6.07, 6.45) is 3.66. The number of amides is 1. The van der Waals surface area contributed by atoms with Crippen LogP contribution in [0.3, 0.4) is 0 Å². The van der Waals surface area contributed by atoms with Crippen molar-refractivity contribution in [1.29, 1.82) is 0 Å². The number of carbonyl (C=O) groups is 2. The number of esters is 1. The van der Waals surface area contributed by atoms with Crippen molar-refractivity contribution in [2.24, 2.45) is 11.7 Å². The van der Waals surface area contributed by atoms with Crippen LogP contribution in [0.1, 0.15) is 37.3 Å². The average Bonchev–Trinajstić information content (AvgIpc) is 2.52. The Morgan fingerprint density at radius 2 is 1.90 bits per heavy atom. The predicted octanol–water partition coefficient (Wildman–Crippen LogP) is 1.53. The zero-order valence-electron chi connectivity index (χ0n) is 12.2. The lowest BCUT2D eigenvalue weighted by Crippen LogP contribution is -2.47. The molecule has 3 atom stereocenters. The van der Waals surface area contributed by atoms with Crippen LogP contribution in [0.2, 0.25) is 0 Å². The molecule has 0 unspecified atom stereocenters. The third-order valence-electron chi connectivity index (χ3n) is 4.07. The number of primary amides is 1. The molecule has 5 nitrogen and oxygen atoms in total. The molecule has 0 aliphatic heterocycles. The number of carbonyl (C=O) groups excluding carboxylic acids is 2. The number of hydrogen-bond donors (Lipinski definition) is 2. The molecule has 0 saturated heterocycles. The molecule has 3 N–H and O–H groups in total. The van der Waals surface area contributed by atoms with Crippen LogP contribution in [0.5, 0.6) is 0 Å². The smallest absolute Gasteiger partial charge is 0.310 e. The first kappa shape index (κ1) is 15.5. The van der Waals surface area contributed by atoms with Crippen molar-refractivity contribution in [2.75, 3.05) is 7.11 Å². The zero-order valence-corrected chi connectivity index (χ0v) is 12.2. The molecule has 0 heterocycles. The van der Waals surface area contributed by atoms with E-state index in [4.69, 9.17) is 10.5 Å². The molecule has 1 aliphatic carbocycles. The number of rotatable bonds is 5. The quantitative estimate of drug-likeness (QED) is 0.806. The SMILES string of the molecule is COC(=O)[C@H]1CCCC[C@H]1N[C@H](C(N)=O)c1ccccc1. The molecule has 21 heavy (non-hydrogen) atoms. The van der Waals surface area contributed by atoms with Gasteiger partial charge in [-0.3, -0.25) is 14.9 Å². The number of ether oxygens (including phenoxy) is 1. The Balaban J connectivity index is 2.15. The second kappa shape index (κ2) is 7.22. The van der Waals surface area contributed by atoms with Crippen LogP contribution in [0.25, 0.3) is 0 Å². The van der Waals surface area contributed by atoms with Gasteiger partial charge in [0, 0.05) is 6.04 Å². The fourth-order valence-electron chi connectivity index (χ4n) is 2.97. The minimum Gasteiger partial charge on any atom is -0.469 e. The molecule has 2 rings (SSSR count). The fourth-order valence-corrected chi connectivity index (χ4v) is 2.97. The van der Waals surface area contributed by atoms with Gasteiger partial charge in [-0.25, -0.2) is 0 Å². The molecule has 1 amide bonds. The highest BCUT2D eigenvalue weighted by Crippen LogP contribution is 2.27. The van der Waals surface area contributed by atoms with Gasteiger partial charge in [0.1, 0.15) is 6.04 Å². The van der Waals surface area contributed by atoms with Gasteiger partial charge in [-0.05, 0) is 18.4 Å². The molecule has 1 saturated carbocycles. The molecule has 1 aromatic carbocycles. The normalized spacial score (nSPS) is 23.3. The van der Waals surface area contributed by atoms with E-state index in [1.54, 1.807) is 0 Å². The van der Waals surface area contributed by atoms with Crippen molar-refractivity contribution in [3.05, 3.63) is 35.9 Å². The van der Waals surface area contributed by atoms with E-state index in [0.29, 0.717) is 0 Å². The van der Waals surface area contributed by atoms with Crippen molar-refractivity contribution in [3.8, 4) is 0 Å². The highest BCUT2D eigenvalue weighted by atomic mass is 16.5. The summed E-state index contributed by atoms with van der Waals surface area (Å²) in [5.74, 6) is -0.867. The van der Waals surface area contributed by atoms with Crippen molar-refractivity contribution in [2.45, 2.75) is 37.8 Å². The minimum absolute atomic E-state index is 0.0797. The molecule has 1 aromatic rings. The molecule has 114 valence electrons. The summed E-state index contributed by atoms with van der Waals surface area (Å²) in [5.41, 5.74) is 6.34. The maximum atomic E-state index is 11.9. The van der Waals surface area contributed by atoms with Crippen molar-refractivity contribution < 1.29 is 14.3 Å². The van der Waals surface area contributed by atoms with Gasteiger partial charge in [-0.1, -0.05) is 43.2 Å². The maximum absolute atomic E-state index is 11.9. The molecule has 0 spiro atoms. The average molecular weight is 290 g/mol. The van der Waals surface area contributed by atoms with E-state index in [-0.39, 0.29) is 17.9 Å². The standard InChI is InChI=1S/C16H22N2O3/c1-21-16(20)12-9-5-6-10-13(12)18-14(15(17)19)11-7-3-2-4-8-11/h2-4,7-8,12-14,18H,5-6,9-10H2,1H3,(H2,17,19)/t12-,13+,14-/m0/s1.